The number of fused-ring (bicyclic) bond motifs is 1. The molecule has 2 aromatic carbocycles. The first-order chi connectivity index (χ1) is 15.4. The van der Waals surface area contributed by atoms with Crippen LogP contribution < -0.4 is 14.4 Å². The summed E-state index contributed by atoms with van der Waals surface area (Å²) in [4.78, 5) is 4.03. The summed E-state index contributed by atoms with van der Waals surface area (Å²) in [6, 6.07) is 12.9. The number of aliphatic hydroxyl groups excluding tert-OH is 1. The summed E-state index contributed by atoms with van der Waals surface area (Å²) < 4.78 is 55.9. The Morgan fingerprint density at radius 2 is 1.78 bits per heavy atom. The summed E-state index contributed by atoms with van der Waals surface area (Å²) in [5.74, 6) is 1.40. The summed E-state index contributed by atoms with van der Waals surface area (Å²) in [6.45, 7) is 3.84. The van der Waals surface area contributed by atoms with Gasteiger partial charge in [-0.1, -0.05) is 18.2 Å². The smallest absolute Gasteiger partial charge is 0.416 e. The van der Waals surface area contributed by atoms with Crippen LogP contribution in [-0.2, 0) is 10.9 Å². The lowest BCUT2D eigenvalue weighted by Gasteiger charge is -2.37. The summed E-state index contributed by atoms with van der Waals surface area (Å²) in [5, 5.41) is 10.3. The molecule has 1 saturated heterocycles. The normalized spacial score (nSPS) is 20.2. The fourth-order valence-corrected chi connectivity index (χ4v) is 3.90. The third kappa shape index (κ3) is 5.85. The Kier molecular flexibility index (Phi) is 7.07. The van der Waals surface area contributed by atoms with Crippen molar-refractivity contribution in [3.05, 3.63) is 54.1 Å². The second-order valence-electron chi connectivity index (χ2n) is 8.02. The second-order valence-corrected chi connectivity index (χ2v) is 8.02. The lowest BCUT2D eigenvalue weighted by atomic mass is 10.1. The van der Waals surface area contributed by atoms with Gasteiger partial charge in [-0.2, -0.15) is 13.2 Å². The van der Waals surface area contributed by atoms with Crippen LogP contribution in [0.2, 0.25) is 0 Å². The van der Waals surface area contributed by atoms with Crippen molar-refractivity contribution in [3.63, 3.8) is 0 Å². The minimum absolute atomic E-state index is 0.176. The van der Waals surface area contributed by atoms with E-state index < -0.39 is 17.8 Å². The highest BCUT2D eigenvalue weighted by molar-refractivity contribution is 5.49. The topological polar surface area (TPSA) is 54.4 Å². The van der Waals surface area contributed by atoms with Crippen LogP contribution in [0.25, 0.3) is 0 Å². The molecule has 2 atom stereocenters. The molecule has 174 valence electrons. The van der Waals surface area contributed by atoms with Crippen LogP contribution in [0.1, 0.15) is 5.56 Å². The van der Waals surface area contributed by atoms with Gasteiger partial charge in [-0.15, -0.1) is 0 Å². The maximum Gasteiger partial charge on any atom is 0.416 e. The first-order valence-corrected chi connectivity index (χ1v) is 10.7. The number of β-amino-alcohol motifs (C(OH)–C–C–N with tert-alkyl or cyclic N) is 1. The fourth-order valence-electron chi connectivity index (χ4n) is 3.90. The van der Waals surface area contributed by atoms with E-state index in [0.29, 0.717) is 63.1 Å². The van der Waals surface area contributed by atoms with Crippen molar-refractivity contribution in [2.45, 2.75) is 18.4 Å². The van der Waals surface area contributed by atoms with E-state index in [2.05, 4.69) is 4.90 Å². The largest absolute Gasteiger partial charge is 0.486 e. The Balaban J connectivity index is 1.16. The maximum absolute atomic E-state index is 12.9. The van der Waals surface area contributed by atoms with E-state index in [1.165, 1.54) is 12.1 Å². The quantitative estimate of drug-likeness (QED) is 0.697. The van der Waals surface area contributed by atoms with Gasteiger partial charge < -0.3 is 24.2 Å². The second kappa shape index (κ2) is 9.97. The molecule has 2 aliphatic rings. The zero-order chi connectivity index (χ0) is 22.6. The van der Waals surface area contributed by atoms with Gasteiger partial charge in [0.1, 0.15) is 6.61 Å². The number of benzene rings is 2. The summed E-state index contributed by atoms with van der Waals surface area (Å²) in [7, 11) is 0. The number of anilines is 1. The van der Waals surface area contributed by atoms with Gasteiger partial charge in [0.2, 0.25) is 0 Å². The van der Waals surface area contributed by atoms with Crippen LogP contribution in [-0.4, -0.2) is 74.8 Å². The van der Waals surface area contributed by atoms with Crippen molar-refractivity contribution in [2.75, 3.05) is 57.4 Å². The molecule has 0 unspecified atom stereocenters. The molecule has 0 spiro atoms. The van der Waals surface area contributed by atoms with Gasteiger partial charge in [0.25, 0.3) is 0 Å². The van der Waals surface area contributed by atoms with Crippen LogP contribution in [0, 0.1) is 0 Å². The van der Waals surface area contributed by atoms with Gasteiger partial charge in [-0.3, -0.25) is 4.90 Å². The first-order valence-electron chi connectivity index (χ1n) is 10.7. The number of piperazine rings is 1. The van der Waals surface area contributed by atoms with Gasteiger partial charge in [-0.25, -0.2) is 0 Å². The summed E-state index contributed by atoms with van der Waals surface area (Å²) in [5.41, 5.74) is -0.0690. The monoisotopic (exact) mass is 452 g/mol. The highest BCUT2D eigenvalue weighted by Gasteiger charge is 2.31. The molecule has 4 rings (SSSR count). The number of hydrogen-bond donors (Lipinski definition) is 1. The van der Waals surface area contributed by atoms with Crippen LogP contribution in [0.4, 0.5) is 18.9 Å². The number of aliphatic hydroxyl groups is 1. The van der Waals surface area contributed by atoms with Gasteiger partial charge in [0.05, 0.1) is 24.9 Å². The molecular weight excluding hydrogens is 425 g/mol. The van der Waals surface area contributed by atoms with E-state index in [0.717, 1.165) is 6.07 Å². The molecule has 1 fully saturated rings. The fraction of sp³-hybridized carbons (Fsp3) is 0.478. The molecule has 9 heteroatoms. The van der Waals surface area contributed by atoms with E-state index in [4.69, 9.17) is 14.2 Å². The summed E-state index contributed by atoms with van der Waals surface area (Å²) >= 11 is 0. The molecule has 0 bridgehead atoms. The summed E-state index contributed by atoms with van der Waals surface area (Å²) in [6.07, 6.45) is -5.24. The number of hydrogen-bond acceptors (Lipinski definition) is 6. The highest BCUT2D eigenvalue weighted by Crippen LogP contribution is 2.32. The standard InChI is InChI=1S/C23H27F3N2O4/c24-23(25,26)17-4-3-5-18(12-17)28-10-8-27(9-11-28)13-19(29)14-30-15-20-16-31-21-6-1-2-7-22(21)32-20/h1-7,12,19-20,29H,8-11,13-16H2/t19-,20+/m0/s1. The molecule has 2 heterocycles. The minimum atomic E-state index is -4.35. The predicted molar refractivity (Wildman–Crippen MR) is 113 cm³/mol. The van der Waals surface area contributed by atoms with Crippen molar-refractivity contribution in [1.29, 1.82) is 0 Å². The number of para-hydroxylation sites is 2. The average molecular weight is 452 g/mol. The van der Waals surface area contributed by atoms with E-state index in [1.54, 1.807) is 6.07 Å². The van der Waals surface area contributed by atoms with Crippen LogP contribution in [0.3, 0.4) is 0 Å². The van der Waals surface area contributed by atoms with Crippen molar-refractivity contribution >= 4 is 5.69 Å². The van der Waals surface area contributed by atoms with Crippen LogP contribution >= 0.6 is 0 Å². The third-order valence-corrected chi connectivity index (χ3v) is 5.56. The van der Waals surface area contributed by atoms with E-state index >= 15 is 0 Å². The predicted octanol–water partition coefficient (Wildman–Crippen LogP) is 3.04. The Morgan fingerprint density at radius 1 is 1.03 bits per heavy atom. The molecule has 1 N–H and O–H groups in total. The van der Waals surface area contributed by atoms with Crippen molar-refractivity contribution in [2.24, 2.45) is 0 Å². The molecule has 32 heavy (non-hydrogen) atoms. The number of ether oxygens (including phenoxy) is 3. The molecule has 0 amide bonds. The van der Waals surface area contributed by atoms with E-state index in [1.807, 2.05) is 29.2 Å². The molecule has 2 aromatic rings. The van der Waals surface area contributed by atoms with Gasteiger partial charge >= 0.3 is 6.18 Å². The third-order valence-electron chi connectivity index (χ3n) is 5.56. The average Bonchev–Trinajstić information content (AvgIpc) is 2.79. The molecule has 0 radical (unpaired) electrons. The van der Waals surface area contributed by atoms with Crippen LogP contribution in [0.15, 0.2) is 48.5 Å². The first kappa shape index (κ1) is 22.7. The Bertz CT molecular complexity index is 888. The molecule has 2 aliphatic heterocycles. The lowest BCUT2D eigenvalue weighted by Crippen LogP contribution is -2.49. The lowest BCUT2D eigenvalue weighted by molar-refractivity contribution is -0.137. The van der Waals surface area contributed by atoms with Gasteiger partial charge in [0, 0.05) is 38.4 Å². The SMILES string of the molecule is O[C@H](COC[C@@H]1COc2ccccc2O1)CN1CCN(c2cccc(C(F)(F)F)c2)CC1. The van der Waals surface area contributed by atoms with Crippen LogP contribution in [0.5, 0.6) is 11.5 Å². The Hall–Kier alpha value is -2.49. The zero-order valence-electron chi connectivity index (χ0n) is 17.6. The molecular formula is C23H27F3N2O4. The maximum atomic E-state index is 12.9. The van der Waals surface area contributed by atoms with E-state index in [-0.39, 0.29) is 12.7 Å². The van der Waals surface area contributed by atoms with E-state index in [9.17, 15) is 18.3 Å². The Morgan fingerprint density at radius 3 is 2.53 bits per heavy atom. The van der Waals surface area contributed by atoms with Crippen molar-refractivity contribution in [1.82, 2.24) is 4.90 Å². The Labute approximate surface area is 185 Å². The minimum Gasteiger partial charge on any atom is -0.486 e. The number of nitrogens with zero attached hydrogens (tertiary/aromatic N) is 2. The number of halogens is 3. The molecule has 0 saturated carbocycles. The molecule has 0 aromatic heterocycles. The number of rotatable bonds is 7. The zero-order valence-corrected chi connectivity index (χ0v) is 17.6. The molecule has 0 aliphatic carbocycles. The van der Waals surface area contributed by atoms with Gasteiger partial charge in [-0.05, 0) is 30.3 Å². The van der Waals surface area contributed by atoms with Crippen molar-refractivity contribution in [3.8, 4) is 11.5 Å². The van der Waals surface area contributed by atoms with Crippen molar-refractivity contribution < 1.29 is 32.5 Å². The highest BCUT2D eigenvalue weighted by atomic mass is 19.4. The molecule has 6 nitrogen and oxygen atoms in total. The van der Waals surface area contributed by atoms with Gasteiger partial charge in [0.15, 0.2) is 17.6 Å². The number of alkyl halides is 3.